The fourth-order valence-corrected chi connectivity index (χ4v) is 2.42. The zero-order valence-electron chi connectivity index (χ0n) is 14.1. The molecule has 1 aromatic carbocycles. The number of nitriles is 1. The zero-order valence-corrected chi connectivity index (χ0v) is 14.1. The molecule has 0 spiro atoms. The quantitative estimate of drug-likeness (QED) is 0.553. The maximum absolute atomic E-state index is 11.8. The van der Waals surface area contributed by atoms with Crippen molar-refractivity contribution in [3.63, 3.8) is 0 Å². The van der Waals surface area contributed by atoms with Crippen LogP contribution in [0.3, 0.4) is 0 Å². The molecule has 0 radical (unpaired) electrons. The van der Waals surface area contributed by atoms with Crippen LogP contribution < -0.4 is 9.47 Å². The van der Waals surface area contributed by atoms with Crippen LogP contribution in [0.1, 0.15) is 18.4 Å². The van der Waals surface area contributed by atoms with Gasteiger partial charge in [0.25, 0.3) is 5.91 Å². The first-order valence-corrected chi connectivity index (χ1v) is 7.94. The molecular formula is C18H20N2O5. The first kappa shape index (κ1) is 18.3. The summed E-state index contributed by atoms with van der Waals surface area (Å²) in [5.41, 5.74) is 0.698. The van der Waals surface area contributed by atoms with Crippen molar-refractivity contribution in [2.45, 2.75) is 12.8 Å². The van der Waals surface area contributed by atoms with Crippen LogP contribution >= 0.6 is 0 Å². The number of likely N-dealkylation sites (tertiary alicyclic amines) is 1. The molecule has 1 aliphatic heterocycles. The van der Waals surface area contributed by atoms with Crippen molar-refractivity contribution in [3.8, 4) is 17.6 Å². The molecule has 7 nitrogen and oxygen atoms in total. The van der Waals surface area contributed by atoms with E-state index >= 15 is 0 Å². The number of hydrogen-bond donors (Lipinski definition) is 0. The summed E-state index contributed by atoms with van der Waals surface area (Å²) in [5.74, 6) is 0.145. The van der Waals surface area contributed by atoms with Crippen LogP contribution in [-0.2, 0) is 14.3 Å². The highest BCUT2D eigenvalue weighted by atomic mass is 16.5. The van der Waals surface area contributed by atoms with Gasteiger partial charge in [-0.15, -0.1) is 0 Å². The number of methoxy groups -OCH3 is 1. The predicted molar refractivity (Wildman–Crippen MR) is 89.9 cm³/mol. The summed E-state index contributed by atoms with van der Waals surface area (Å²) in [7, 11) is 1.49. The number of hydrogen-bond acceptors (Lipinski definition) is 6. The third kappa shape index (κ3) is 5.53. The Morgan fingerprint density at radius 3 is 2.72 bits per heavy atom. The molecule has 0 unspecified atom stereocenters. The van der Waals surface area contributed by atoms with Gasteiger partial charge in [0.1, 0.15) is 6.07 Å². The third-order valence-corrected chi connectivity index (χ3v) is 3.69. The average Bonchev–Trinajstić information content (AvgIpc) is 3.17. The number of nitrogens with zero attached hydrogens (tertiary/aromatic N) is 2. The molecule has 7 heteroatoms. The lowest BCUT2D eigenvalue weighted by atomic mass is 10.2. The number of rotatable bonds is 7. The Hall–Kier alpha value is -3.01. The van der Waals surface area contributed by atoms with Crippen molar-refractivity contribution >= 4 is 18.0 Å². The fraction of sp³-hybridized carbons (Fsp3) is 0.389. The van der Waals surface area contributed by atoms with Gasteiger partial charge in [-0.25, -0.2) is 4.79 Å². The standard InChI is InChI=1S/C18H20N2O5/c1-23-16-12-14(4-6-15(16)24-11-8-19)5-7-18(22)25-13-17(21)20-9-2-3-10-20/h4-7,12H,2-3,9-11,13H2,1H3. The van der Waals surface area contributed by atoms with E-state index in [0.717, 1.165) is 25.9 Å². The molecule has 1 saturated heterocycles. The lowest BCUT2D eigenvalue weighted by molar-refractivity contribution is -0.147. The third-order valence-electron chi connectivity index (χ3n) is 3.69. The molecule has 1 aliphatic rings. The molecule has 1 amide bonds. The number of carbonyl (C=O) groups is 2. The van der Waals surface area contributed by atoms with Crippen LogP contribution in [0.4, 0.5) is 0 Å². The van der Waals surface area contributed by atoms with E-state index in [1.54, 1.807) is 29.2 Å². The van der Waals surface area contributed by atoms with Crippen LogP contribution in [-0.4, -0.2) is 50.2 Å². The minimum absolute atomic E-state index is 0.0804. The van der Waals surface area contributed by atoms with E-state index in [9.17, 15) is 9.59 Å². The molecule has 25 heavy (non-hydrogen) atoms. The molecule has 1 aromatic rings. The van der Waals surface area contributed by atoms with Gasteiger partial charge in [0.05, 0.1) is 7.11 Å². The van der Waals surface area contributed by atoms with Crippen molar-refractivity contribution in [1.82, 2.24) is 4.90 Å². The molecular weight excluding hydrogens is 324 g/mol. The van der Waals surface area contributed by atoms with E-state index < -0.39 is 5.97 Å². The van der Waals surface area contributed by atoms with Crippen molar-refractivity contribution in [2.75, 3.05) is 33.4 Å². The summed E-state index contributed by atoms with van der Waals surface area (Å²) in [6.45, 7) is 1.13. The maximum atomic E-state index is 11.8. The number of amides is 1. The molecule has 0 saturated carbocycles. The molecule has 0 aliphatic carbocycles. The topological polar surface area (TPSA) is 88.9 Å². The lowest BCUT2D eigenvalue weighted by Gasteiger charge is -2.14. The SMILES string of the molecule is COc1cc(C=CC(=O)OCC(=O)N2CCCC2)ccc1OCC#N. The summed E-state index contributed by atoms with van der Waals surface area (Å²) in [6.07, 6.45) is 4.80. The number of ether oxygens (including phenoxy) is 3. The van der Waals surface area contributed by atoms with Crippen molar-refractivity contribution in [1.29, 1.82) is 5.26 Å². The smallest absolute Gasteiger partial charge is 0.331 e. The van der Waals surface area contributed by atoms with Crippen LogP contribution in [0.5, 0.6) is 11.5 Å². The van der Waals surface area contributed by atoms with Crippen LogP contribution in [0.15, 0.2) is 24.3 Å². The molecule has 0 atom stereocenters. The van der Waals surface area contributed by atoms with E-state index in [2.05, 4.69) is 0 Å². The van der Waals surface area contributed by atoms with Gasteiger partial charge in [0.2, 0.25) is 0 Å². The first-order valence-electron chi connectivity index (χ1n) is 7.94. The van der Waals surface area contributed by atoms with Crippen LogP contribution in [0, 0.1) is 11.3 Å². The Labute approximate surface area is 146 Å². The molecule has 1 heterocycles. The molecule has 0 aromatic heterocycles. The van der Waals surface area contributed by atoms with E-state index in [1.165, 1.54) is 13.2 Å². The molecule has 0 bridgehead atoms. The Kier molecular flexibility index (Phi) is 6.84. The highest BCUT2D eigenvalue weighted by molar-refractivity contribution is 5.89. The summed E-state index contributed by atoms with van der Waals surface area (Å²) in [5, 5.41) is 8.54. The van der Waals surface area contributed by atoms with Crippen LogP contribution in [0.25, 0.3) is 6.08 Å². The number of carbonyl (C=O) groups excluding carboxylic acids is 2. The van der Waals surface area contributed by atoms with Crippen molar-refractivity contribution in [3.05, 3.63) is 29.8 Å². The molecule has 1 fully saturated rings. The fourth-order valence-electron chi connectivity index (χ4n) is 2.42. The number of benzene rings is 1. The monoisotopic (exact) mass is 344 g/mol. The minimum Gasteiger partial charge on any atom is -0.493 e. The van der Waals surface area contributed by atoms with Gasteiger partial charge in [0.15, 0.2) is 24.7 Å². The Morgan fingerprint density at radius 2 is 2.04 bits per heavy atom. The van der Waals surface area contributed by atoms with Gasteiger partial charge >= 0.3 is 5.97 Å². The highest BCUT2D eigenvalue weighted by Gasteiger charge is 2.18. The minimum atomic E-state index is -0.587. The van der Waals surface area contributed by atoms with Crippen LogP contribution in [0.2, 0.25) is 0 Å². The second-order valence-electron chi connectivity index (χ2n) is 5.39. The average molecular weight is 344 g/mol. The van der Waals surface area contributed by atoms with Gasteiger partial charge < -0.3 is 19.1 Å². The van der Waals surface area contributed by atoms with E-state index in [-0.39, 0.29) is 19.1 Å². The predicted octanol–water partition coefficient (Wildman–Crippen LogP) is 1.78. The highest BCUT2D eigenvalue weighted by Crippen LogP contribution is 2.28. The first-order chi connectivity index (χ1) is 12.1. The van der Waals surface area contributed by atoms with E-state index in [4.69, 9.17) is 19.5 Å². The summed E-state index contributed by atoms with van der Waals surface area (Å²) in [6, 6.07) is 6.92. The largest absolute Gasteiger partial charge is 0.493 e. The Bertz CT molecular complexity index is 687. The Morgan fingerprint density at radius 1 is 1.28 bits per heavy atom. The van der Waals surface area contributed by atoms with Gasteiger partial charge in [0, 0.05) is 19.2 Å². The van der Waals surface area contributed by atoms with Gasteiger partial charge in [-0.3, -0.25) is 4.79 Å². The van der Waals surface area contributed by atoms with Gasteiger partial charge in [-0.2, -0.15) is 5.26 Å². The molecule has 2 rings (SSSR count). The second-order valence-corrected chi connectivity index (χ2v) is 5.39. The Balaban J connectivity index is 1.88. The normalized spacial score (nSPS) is 13.5. The summed E-state index contributed by atoms with van der Waals surface area (Å²) in [4.78, 5) is 25.2. The van der Waals surface area contributed by atoms with E-state index in [1.807, 2.05) is 6.07 Å². The summed E-state index contributed by atoms with van der Waals surface area (Å²) < 4.78 is 15.4. The molecule has 0 N–H and O–H groups in total. The number of esters is 1. The maximum Gasteiger partial charge on any atom is 0.331 e. The van der Waals surface area contributed by atoms with Gasteiger partial charge in [-0.1, -0.05) is 6.07 Å². The summed E-state index contributed by atoms with van der Waals surface area (Å²) >= 11 is 0. The molecule has 132 valence electrons. The van der Waals surface area contributed by atoms with Crippen molar-refractivity contribution < 1.29 is 23.8 Å². The lowest BCUT2D eigenvalue weighted by Crippen LogP contribution is -2.31. The van der Waals surface area contributed by atoms with Gasteiger partial charge in [-0.05, 0) is 36.6 Å². The van der Waals surface area contributed by atoms with Crippen molar-refractivity contribution in [2.24, 2.45) is 0 Å². The van der Waals surface area contributed by atoms with E-state index in [0.29, 0.717) is 17.1 Å². The second kappa shape index (κ2) is 9.33. The zero-order chi connectivity index (χ0) is 18.1.